The fourth-order valence-corrected chi connectivity index (χ4v) is 4.19. The Bertz CT molecular complexity index is 1160. The largest absolute Gasteiger partial charge is 0.481 e. The fraction of sp³-hybridized carbons (Fsp3) is 0.435. The number of ether oxygens (including phenoxy) is 2. The number of rotatable bonds is 4. The van der Waals surface area contributed by atoms with E-state index in [4.69, 9.17) is 20.2 Å². The predicted molar refractivity (Wildman–Crippen MR) is 116 cm³/mol. The fourth-order valence-electron chi connectivity index (χ4n) is 4.19. The highest BCUT2D eigenvalue weighted by Gasteiger charge is 2.23. The van der Waals surface area contributed by atoms with Gasteiger partial charge in [-0.15, -0.1) is 0 Å². The van der Waals surface area contributed by atoms with E-state index in [2.05, 4.69) is 18.8 Å². The number of fused-ring (bicyclic) bond motifs is 1. The molecular weight excluding hydrogens is 380 g/mol. The number of methoxy groups -OCH3 is 1. The minimum absolute atomic E-state index is 0.0707. The molecule has 0 aliphatic carbocycles. The van der Waals surface area contributed by atoms with Crippen LogP contribution >= 0.6 is 0 Å². The van der Waals surface area contributed by atoms with Crippen LogP contribution in [0.25, 0.3) is 16.7 Å². The molecule has 158 valence electrons. The average Bonchev–Trinajstić information content (AvgIpc) is 2.89. The molecule has 0 aromatic carbocycles. The van der Waals surface area contributed by atoms with Gasteiger partial charge in [-0.3, -0.25) is 9.36 Å². The molecular formula is C23H28N4O3. The molecule has 0 bridgehead atoms. The molecule has 7 heteroatoms. The van der Waals surface area contributed by atoms with Crippen molar-refractivity contribution in [1.82, 2.24) is 9.55 Å². The monoisotopic (exact) mass is 408 g/mol. The highest BCUT2D eigenvalue weighted by Crippen LogP contribution is 2.22. The number of nitrogens with zero attached hydrogens (tertiary/aromatic N) is 3. The lowest BCUT2D eigenvalue weighted by Gasteiger charge is -2.25. The standard InChI is InChI=1S/C23H28N4O3/c1-4-15-10-14(2)18-11-19(16-7-8-20(29-3)25-12-16)23(28)27(22(18)26-21(15)24)17-6-5-9-30-13-17/h7-8,11-12,17H,4-6,9-10,13,24H2,1-3H3. The Hall–Kier alpha value is -2.93. The maximum atomic E-state index is 13.7. The maximum absolute atomic E-state index is 13.7. The van der Waals surface area contributed by atoms with E-state index >= 15 is 0 Å². The summed E-state index contributed by atoms with van der Waals surface area (Å²) in [5.41, 5.74) is 10.5. The van der Waals surface area contributed by atoms with Gasteiger partial charge in [0.05, 0.1) is 19.8 Å². The summed E-state index contributed by atoms with van der Waals surface area (Å²) in [4.78, 5) is 22.7. The molecule has 0 radical (unpaired) electrons. The topological polar surface area (TPSA) is 91.7 Å². The second-order valence-electron chi connectivity index (χ2n) is 7.84. The molecule has 2 N–H and O–H groups in total. The second-order valence-corrected chi connectivity index (χ2v) is 7.84. The number of hydrogen-bond acceptors (Lipinski definition) is 6. The molecule has 1 atom stereocenters. The summed E-state index contributed by atoms with van der Waals surface area (Å²) in [6.45, 7) is 5.39. The molecule has 0 amide bonds. The number of allylic oxidation sites excluding steroid dienone is 1. The minimum atomic E-state index is -0.0967. The van der Waals surface area contributed by atoms with E-state index in [1.165, 1.54) is 0 Å². The lowest BCUT2D eigenvalue weighted by Crippen LogP contribution is -2.48. The Balaban J connectivity index is 2.03. The molecule has 1 unspecified atom stereocenters. The number of nitrogens with two attached hydrogens (primary N) is 1. The average molecular weight is 409 g/mol. The van der Waals surface area contributed by atoms with E-state index in [1.54, 1.807) is 23.9 Å². The van der Waals surface area contributed by atoms with Crippen LogP contribution in [-0.4, -0.2) is 29.9 Å². The van der Waals surface area contributed by atoms with E-state index in [-0.39, 0.29) is 11.6 Å². The molecule has 2 aromatic rings. The molecule has 7 nitrogen and oxygen atoms in total. The predicted octanol–water partition coefficient (Wildman–Crippen LogP) is 2.04. The third-order valence-electron chi connectivity index (χ3n) is 5.92. The maximum Gasteiger partial charge on any atom is 0.260 e. The first-order valence-electron chi connectivity index (χ1n) is 10.4. The van der Waals surface area contributed by atoms with Crippen LogP contribution in [0.5, 0.6) is 5.88 Å². The summed E-state index contributed by atoms with van der Waals surface area (Å²) in [5.74, 6) is 1.02. The lowest BCUT2D eigenvalue weighted by atomic mass is 10.0. The third kappa shape index (κ3) is 3.65. The molecule has 1 saturated heterocycles. The van der Waals surface area contributed by atoms with E-state index in [9.17, 15) is 4.79 Å². The molecule has 4 heterocycles. The normalized spacial score (nSPS) is 19.2. The van der Waals surface area contributed by atoms with Crippen LogP contribution in [0.3, 0.4) is 0 Å². The van der Waals surface area contributed by atoms with Crippen molar-refractivity contribution in [3.05, 3.63) is 56.9 Å². The Kier molecular flexibility index (Phi) is 5.72. The molecule has 2 aromatic heterocycles. The molecule has 0 spiro atoms. The lowest BCUT2D eigenvalue weighted by molar-refractivity contribution is 0.0566. The van der Waals surface area contributed by atoms with Crippen molar-refractivity contribution in [1.29, 1.82) is 0 Å². The molecule has 1 fully saturated rings. The van der Waals surface area contributed by atoms with Gasteiger partial charge in [0.2, 0.25) is 5.88 Å². The van der Waals surface area contributed by atoms with Gasteiger partial charge in [-0.05, 0) is 50.3 Å². The molecule has 2 aliphatic rings. The Morgan fingerprint density at radius 3 is 2.83 bits per heavy atom. The smallest absolute Gasteiger partial charge is 0.260 e. The van der Waals surface area contributed by atoms with Gasteiger partial charge in [0, 0.05) is 35.2 Å². The van der Waals surface area contributed by atoms with Gasteiger partial charge >= 0.3 is 0 Å². The van der Waals surface area contributed by atoms with Gasteiger partial charge in [-0.1, -0.05) is 12.5 Å². The zero-order chi connectivity index (χ0) is 21.3. The summed E-state index contributed by atoms with van der Waals surface area (Å²) in [7, 11) is 1.57. The van der Waals surface area contributed by atoms with Gasteiger partial charge in [0.1, 0.15) is 11.3 Å². The molecule has 0 saturated carbocycles. The van der Waals surface area contributed by atoms with Crippen molar-refractivity contribution in [2.75, 3.05) is 20.3 Å². The Labute approximate surface area is 175 Å². The van der Waals surface area contributed by atoms with Crippen LogP contribution in [0, 0.1) is 0 Å². The van der Waals surface area contributed by atoms with Crippen molar-refractivity contribution in [2.45, 2.75) is 45.6 Å². The van der Waals surface area contributed by atoms with E-state index in [0.29, 0.717) is 29.4 Å². The van der Waals surface area contributed by atoms with Crippen LogP contribution in [0.2, 0.25) is 0 Å². The summed E-state index contributed by atoms with van der Waals surface area (Å²) in [6.07, 6.45) is 5.03. The minimum Gasteiger partial charge on any atom is -0.481 e. The summed E-state index contributed by atoms with van der Waals surface area (Å²) >= 11 is 0. The quantitative estimate of drug-likeness (QED) is 0.836. The van der Waals surface area contributed by atoms with Crippen LogP contribution in [0.1, 0.15) is 45.6 Å². The zero-order valence-electron chi connectivity index (χ0n) is 17.8. The van der Waals surface area contributed by atoms with Gasteiger partial charge in [-0.2, -0.15) is 0 Å². The molecule has 2 aliphatic heterocycles. The van der Waals surface area contributed by atoms with Gasteiger partial charge in [-0.25, -0.2) is 9.98 Å². The first kappa shape index (κ1) is 20.3. The Morgan fingerprint density at radius 2 is 2.20 bits per heavy atom. The van der Waals surface area contributed by atoms with Crippen molar-refractivity contribution in [3.8, 4) is 17.0 Å². The summed E-state index contributed by atoms with van der Waals surface area (Å²) in [5, 5.41) is 0.956. The van der Waals surface area contributed by atoms with Crippen LogP contribution in [-0.2, 0) is 4.74 Å². The van der Waals surface area contributed by atoms with Gasteiger partial charge < -0.3 is 15.2 Å². The van der Waals surface area contributed by atoms with Gasteiger partial charge in [0.25, 0.3) is 5.56 Å². The number of hydrogen-bond donors (Lipinski definition) is 1. The van der Waals surface area contributed by atoms with Gasteiger partial charge in [0.15, 0.2) is 0 Å². The van der Waals surface area contributed by atoms with E-state index < -0.39 is 0 Å². The molecule has 4 rings (SSSR count). The number of pyridine rings is 2. The highest BCUT2D eigenvalue weighted by molar-refractivity contribution is 5.63. The first-order valence-corrected chi connectivity index (χ1v) is 10.4. The number of aromatic nitrogens is 2. The van der Waals surface area contributed by atoms with Crippen molar-refractivity contribution in [3.63, 3.8) is 0 Å². The van der Waals surface area contributed by atoms with Crippen molar-refractivity contribution >= 4 is 5.57 Å². The van der Waals surface area contributed by atoms with Crippen LogP contribution in [0.15, 0.2) is 45.6 Å². The summed E-state index contributed by atoms with van der Waals surface area (Å²) in [6, 6.07) is 5.50. The Morgan fingerprint density at radius 1 is 1.37 bits per heavy atom. The highest BCUT2D eigenvalue weighted by atomic mass is 16.5. The van der Waals surface area contributed by atoms with E-state index in [1.807, 2.05) is 12.1 Å². The van der Waals surface area contributed by atoms with Crippen LogP contribution in [0.4, 0.5) is 0 Å². The van der Waals surface area contributed by atoms with E-state index in [0.717, 1.165) is 54.2 Å². The first-order chi connectivity index (χ1) is 14.5. The SMILES string of the molecule is CCC1=C(N)N=c2c(cc(-c3ccc(OC)nc3)c(=O)n2C2CCCOC2)=C(C)C1. The van der Waals surface area contributed by atoms with Crippen molar-refractivity contribution < 1.29 is 9.47 Å². The summed E-state index contributed by atoms with van der Waals surface area (Å²) < 4.78 is 12.7. The van der Waals surface area contributed by atoms with Crippen LogP contribution < -0.4 is 26.7 Å². The second kappa shape index (κ2) is 8.44. The zero-order valence-corrected chi connectivity index (χ0v) is 17.8. The third-order valence-corrected chi connectivity index (χ3v) is 5.92. The van der Waals surface area contributed by atoms with Crippen molar-refractivity contribution in [2.24, 2.45) is 10.7 Å². The molecule has 30 heavy (non-hydrogen) atoms.